The van der Waals surface area contributed by atoms with Crippen LogP contribution in [0, 0.1) is 0 Å². The van der Waals surface area contributed by atoms with E-state index < -0.39 is 6.10 Å². The number of aromatic nitrogens is 1. The van der Waals surface area contributed by atoms with Crippen LogP contribution in [-0.4, -0.2) is 42.0 Å². The molecule has 2 aliphatic carbocycles. The molecule has 0 bridgehead atoms. The van der Waals surface area contributed by atoms with Crippen molar-refractivity contribution < 1.29 is 14.6 Å². The first-order valence-corrected chi connectivity index (χ1v) is 11.6. The van der Waals surface area contributed by atoms with Gasteiger partial charge in [-0.2, -0.15) is 0 Å². The molecule has 2 fully saturated rings. The molecular weight excluding hydrogens is 386 g/mol. The second-order valence-electron chi connectivity index (χ2n) is 8.31. The summed E-state index contributed by atoms with van der Waals surface area (Å²) < 4.78 is 12.2. The molecule has 1 saturated carbocycles. The van der Waals surface area contributed by atoms with Crippen molar-refractivity contribution in [2.45, 2.75) is 63.8 Å². The normalized spacial score (nSPS) is 24.7. The van der Waals surface area contributed by atoms with E-state index in [1.165, 1.54) is 11.3 Å². The number of hydrogen-bond acceptors (Lipinski definition) is 7. The zero-order valence-electron chi connectivity index (χ0n) is 16.9. The van der Waals surface area contributed by atoms with Crippen molar-refractivity contribution in [1.82, 2.24) is 4.98 Å². The number of nitrogens with one attached hydrogen (secondary N) is 1. The maximum Gasteiger partial charge on any atom is 0.187 e. The van der Waals surface area contributed by atoms with Crippen LogP contribution in [0.25, 0.3) is 0 Å². The van der Waals surface area contributed by atoms with Crippen LogP contribution in [-0.2, 0) is 11.2 Å². The number of nitrogens with zero attached hydrogens (tertiary/aromatic N) is 2. The number of rotatable bonds is 5. The molecule has 0 spiro atoms. The van der Waals surface area contributed by atoms with E-state index in [-0.39, 0.29) is 6.10 Å². The smallest absolute Gasteiger partial charge is 0.187 e. The minimum atomic E-state index is -0.433. The van der Waals surface area contributed by atoms with Crippen LogP contribution in [0.2, 0.25) is 0 Å². The number of benzene rings is 1. The Morgan fingerprint density at radius 3 is 2.93 bits per heavy atom. The predicted octanol–water partition coefficient (Wildman–Crippen LogP) is 4.41. The van der Waals surface area contributed by atoms with E-state index in [2.05, 4.69) is 35.3 Å². The molecule has 1 aliphatic heterocycles. The highest BCUT2D eigenvalue weighted by atomic mass is 32.1. The van der Waals surface area contributed by atoms with Crippen LogP contribution in [0.3, 0.4) is 0 Å². The molecule has 156 valence electrons. The van der Waals surface area contributed by atoms with Gasteiger partial charge >= 0.3 is 0 Å². The Hall–Kier alpha value is -1.83. The molecule has 2 atom stereocenters. The Balaban J connectivity index is 1.46. The van der Waals surface area contributed by atoms with Crippen LogP contribution in [0.1, 0.15) is 55.7 Å². The lowest BCUT2D eigenvalue weighted by atomic mass is 9.96. The van der Waals surface area contributed by atoms with Gasteiger partial charge in [0.2, 0.25) is 0 Å². The van der Waals surface area contributed by atoms with Crippen molar-refractivity contribution >= 4 is 27.8 Å². The van der Waals surface area contributed by atoms with E-state index in [0.29, 0.717) is 6.10 Å². The molecule has 7 heteroatoms. The summed E-state index contributed by atoms with van der Waals surface area (Å²) in [5.74, 6) is 0.917. The maximum absolute atomic E-state index is 10.3. The van der Waals surface area contributed by atoms with Crippen molar-refractivity contribution in [1.29, 1.82) is 0 Å². The summed E-state index contributed by atoms with van der Waals surface area (Å²) in [6.07, 6.45) is 6.37. The minimum Gasteiger partial charge on any atom is -0.486 e. The van der Waals surface area contributed by atoms with Gasteiger partial charge in [0.25, 0.3) is 0 Å². The number of aryl methyl sites for hydroxylation is 1. The lowest BCUT2D eigenvalue weighted by Crippen LogP contribution is -2.41. The van der Waals surface area contributed by atoms with Crippen LogP contribution in [0.5, 0.6) is 5.75 Å². The van der Waals surface area contributed by atoms with Crippen molar-refractivity contribution in [2.75, 3.05) is 29.9 Å². The molecule has 1 aromatic heterocycles. The van der Waals surface area contributed by atoms with E-state index in [0.717, 1.165) is 79.8 Å². The van der Waals surface area contributed by atoms with Crippen LogP contribution in [0.15, 0.2) is 18.2 Å². The highest BCUT2D eigenvalue weighted by molar-refractivity contribution is 7.15. The molecule has 1 aromatic carbocycles. The molecular formula is C22H29N3O3S. The quantitative estimate of drug-likeness (QED) is 0.754. The van der Waals surface area contributed by atoms with Crippen molar-refractivity contribution in [3.8, 4) is 5.75 Å². The molecule has 2 heterocycles. The summed E-state index contributed by atoms with van der Waals surface area (Å²) in [7, 11) is 0. The number of hydrogen-bond donors (Lipinski definition) is 2. The third kappa shape index (κ3) is 3.96. The van der Waals surface area contributed by atoms with Gasteiger partial charge in [0, 0.05) is 18.0 Å². The van der Waals surface area contributed by atoms with E-state index in [4.69, 9.17) is 14.5 Å². The summed E-state index contributed by atoms with van der Waals surface area (Å²) in [6, 6.07) is 6.29. The third-order valence-corrected chi connectivity index (χ3v) is 7.13. The topological polar surface area (TPSA) is 66.9 Å². The molecule has 3 aliphatic rings. The van der Waals surface area contributed by atoms with Crippen LogP contribution < -0.4 is 15.0 Å². The lowest BCUT2D eigenvalue weighted by molar-refractivity contribution is 0.0526. The Labute approximate surface area is 175 Å². The zero-order valence-corrected chi connectivity index (χ0v) is 17.7. The van der Waals surface area contributed by atoms with Gasteiger partial charge in [0.1, 0.15) is 0 Å². The van der Waals surface area contributed by atoms with Gasteiger partial charge in [-0.05, 0) is 57.6 Å². The summed E-state index contributed by atoms with van der Waals surface area (Å²) in [5.41, 5.74) is 2.93. The average Bonchev–Trinajstić information content (AvgIpc) is 3.09. The molecule has 6 nitrogen and oxygen atoms in total. The van der Waals surface area contributed by atoms with Gasteiger partial charge < -0.3 is 24.8 Å². The molecule has 2 unspecified atom stereocenters. The summed E-state index contributed by atoms with van der Waals surface area (Å²) in [4.78, 5) is 8.27. The highest BCUT2D eigenvalue weighted by Gasteiger charge is 2.27. The first kappa shape index (κ1) is 19.2. The Kier molecular flexibility index (Phi) is 5.37. The molecule has 5 rings (SSSR count). The largest absolute Gasteiger partial charge is 0.486 e. The number of fused-ring (bicyclic) bond motifs is 1. The number of anilines is 3. The highest BCUT2D eigenvalue weighted by Crippen LogP contribution is 2.43. The number of aliphatic hydroxyl groups excluding tert-OH is 1. The molecule has 29 heavy (non-hydrogen) atoms. The van der Waals surface area contributed by atoms with Gasteiger partial charge in [-0.3, -0.25) is 0 Å². The van der Waals surface area contributed by atoms with Crippen LogP contribution >= 0.6 is 11.3 Å². The lowest BCUT2D eigenvalue weighted by Gasteiger charge is -2.36. The van der Waals surface area contributed by atoms with Gasteiger partial charge in [0.05, 0.1) is 42.0 Å². The van der Waals surface area contributed by atoms with Gasteiger partial charge in [0.15, 0.2) is 10.9 Å². The third-order valence-electron chi connectivity index (χ3n) is 6.08. The van der Waals surface area contributed by atoms with E-state index >= 15 is 0 Å². The summed E-state index contributed by atoms with van der Waals surface area (Å²) in [5, 5.41) is 14.6. The fraction of sp³-hybridized carbons (Fsp3) is 0.591. The maximum atomic E-state index is 10.3. The number of aliphatic hydroxyl groups is 1. The monoisotopic (exact) mass is 415 g/mol. The van der Waals surface area contributed by atoms with Gasteiger partial charge in [-0.25, -0.2) is 4.98 Å². The fourth-order valence-corrected chi connectivity index (χ4v) is 5.32. The van der Waals surface area contributed by atoms with Gasteiger partial charge in [-0.15, -0.1) is 11.3 Å². The SMILES string of the molecule is CC1CN(c2cccc(Nc3nc4c(s3)CCCC4O)c2OC2CCC2)CCO1. The fourth-order valence-electron chi connectivity index (χ4n) is 4.25. The standard InChI is InChI=1S/C22H29N3O3S/c1-14-13-25(11-12-27-14)17-8-3-7-16(21(17)28-15-5-2-6-15)23-22-24-20-18(26)9-4-10-19(20)29-22/h3,7-8,14-15,18,26H,2,4-6,9-13H2,1H3,(H,23,24). The number of morpholine rings is 1. The van der Waals surface area contributed by atoms with E-state index in [9.17, 15) is 5.11 Å². The Morgan fingerprint density at radius 1 is 1.28 bits per heavy atom. The first-order chi connectivity index (χ1) is 14.2. The molecule has 2 aromatic rings. The van der Waals surface area contributed by atoms with Crippen molar-refractivity contribution in [3.63, 3.8) is 0 Å². The van der Waals surface area contributed by atoms with Crippen molar-refractivity contribution in [2.24, 2.45) is 0 Å². The molecule has 1 saturated heterocycles. The van der Waals surface area contributed by atoms with E-state index in [1.54, 1.807) is 11.3 Å². The Morgan fingerprint density at radius 2 is 2.17 bits per heavy atom. The Bertz CT molecular complexity index is 867. The van der Waals surface area contributed by atoms with Gasteiger partial charge in [-0.1, -0.05) is 6.07 Å². The average molecular weight is 416 g/mol. The molecule has 0 amide bonds. The number of ether oxygens (including phenoxy) is 2. The molecule has 2 N–H and O–H groups in total. The second-order valence-corrected chi connectivity index (χ2v) is 9.40. The summed E-state index contributed by atoms with van der Waals surface area (Å²) >= 11 is 1.65. The number of para-hydroxylation sites is 1. The minimum absolute atomic E-state index is 0.212. The van der Waals surface area contributed by atoms with Crippen molar-refractivity contribution in [3.05, 3.63) is 28.8 Å². The van der Waals surface area contributed by atoms with Crippen LogP contribution in [0.4, 0.5) is 16.5 Å². The van der Waals surface area contributed by atoms with E-state index in [1.807, 2.05) is 0 Å². The number of thiazole rings is 1. The molecule has 0 radical (unpaired) electrons. The second kappa shape index (κ2) is 8.13. The predicted molar refractivity (Wildman–Crippen MR) is 116 cm³/mol. The zero-order chi connectivity index (χ0) is 19.8. The summed E-state index contributed by atoms with van der Waals surface area (Å²) in [6.45, 7) is 4.58. The first-order valence-electron chi connectivity index (χ1n) is 10.8.